The SMILES string of the molecule is CC1C[C@](C)(O)CN1C. The average Bonchev–Trinajstić information content (AvgIpc) is 1.79. The Labute approximate surface area is 56.5 Å². The van der Waals surface area contributed by atoms with Crippen molar-refractivity contribution in [2.24, 2.45) is 0 Å². The fourth-order valence-electron chi connectivity index (χ4n) is 1.55. The lowest BCUT2D eigenvalue weighted by Crippen LogP contribution is -2.27. The minimum Gasteiger partial charge on any atom is -0.389 e. The van der Waals surface area contributed by atoms with E-state index < -0.39 is 5.60 Å². The summed E-state index contributed by atoms with van der Waals surface area (Å²) in [6.45, 7) is 4.85. The van der Waals surface area contributed by atoms with Crippen molar-refractivity contribution in [3.8, 4) is 0 Å². The highest BCUT2D eigenvalue weighted by Gasteiger charge is 2.34. The third kappa shape index (κ3) is 1.43. The maximum absolute atomic E-state index is 9.49. The molecule has 0 aromatic rings. The van der Waals surface area contributed by atoms with Gasteiger partial charge in [0.25, 0.3) is 0 Å². The third-order valence-electron chi connectivity index (χ3n) is 2.08. The fourth-order valence-corrected chi connectivity index (χ4v) is 1.55. The van der Waals surface area contributed by atoms with Gasteiger partial charge in [-0.3, -0.25) is 0 Å². The van der Waals surface area contributed by atoms with Crippen molar-refractivity contribution >= 4 is 0 Å². The van der Waals surface area contributed by atoms with Gasteiger partial charge in [-0.25, -0.2) is 0 Å². The molecule has 9 heavy (non-hydrogen) atoms. The van der Waals surface area contributed by atoms with Crippen molar-refractivity contribution in [2.75, 3.05) is 13.6 Å². The van der Waals surface area contributed by atoms with E-state index in [4.69, 9.17) is 0 Å². The van der Waals surface area contributed by atoms with Crippen LogP contribution in [-0.2, 0) is 0 Å². The molecule has 0 aromatic carbocycles. The van der Waals surface area contributed by atoms with E-state index in [2.05, 4.69) is 11.8 Å². The summed E-state index contributed by atoms with van der Waals surface area (Å²) in [7, 11) is 2.05. The van der Waals surface area contributed by atoms with E-state index in [0.717, 1.165) is 13.0 Å². The van der Waals surface area contributed by atoms with E-state index >= 15 is 0 Å². The maximum Gasteiger partial charge on any atom is 0.0760 e. The molecule has 1 fully saturated rings. The minimum absolute atomic E-state index is 0.436. The Hall–Kier alpha value is -0.0800. The first kappa shape index (κ1) is 7.03. The Morgan fingerprint density at radius 2 is 2.22 bits per heavy atom. The number of likely N-dealkylation sites (N-methyl/N-ethyl adjacent to an activating group) is 1. The predicted octanol–water partition coefficient (Wildman–Crippen LogP) is 0.461. The minimum atomic E-state index is -0.436. The van der Waals surface area contributed by atoms with Crippen molar-refractivity contribution in [2.45, 2.75) is 31.9 Å². The number of rotatable bonds is 0. The van der Waals surface area contributed by atoms with Crippen LogP contribution in [0.5, 0.6) is 0 Å². The van der Waals surface area contributed by atoms with Crippen molar-refractivity contribution in [3.05, 3.63) is 0 Å². The lowest BCUT2D eigenvalue weighted by molar-refractivity contribution is 0.0716. The quantitative estimate of drug-likeness (QED) is 0.513. The Bertz CT molecular complexity index is 99.5. The van der Waals surface area contributed by atoms with Crippen LogP contribution in [-0.4, -0.2) is 35.2 Å². The predicted molar refractivity (Wildman–Crippen MR) is 37.3 cm³/mol. The molecular weight excluding hydrogens is 114 g/mol. The highest BCUT2D eigenvalue weighted by atomic mass is 16.3. The molecule has 1 heterocycles. The Kier molecular flexibility index (Phi) is 1.53. The summed E-state index contributed by atoms with van der Waals surface area (Å²) in [5.74, 6) is 0. The fraction of sp³-hybridized carbons (Fsp3) is 1.00. The lowest BCUT2D eigenvalue weighted by Gasteiger charge is -2.14. The molecular formula is C7H15NO. The number of hydrogen-bond donors (Lipinski definition) is 1. The Morgan fingerprint density at radius 3 is 2.33 bits per heavy atom. The standard InChI is InChI=1S/C7H15NO/c1-6-4-7(2,9)5-8(6)3/h6,9H,4-5H2,1-3H3/t6?,7-/m0/s1. The molecule has 0 bridgehead atoms. The molecule has 1 saturated heterocycles. The van der Waals surface area contributed by atoms with Gasteiger partial charge in [0.2, 0.25) is 0 Å². The van der Waals surface area contributed by atoms with Gasteiger partial charge < -0.3 is 10.0 Å². The zero-order valence-corrected chi connectivity index (χ0v) is 6.39. The molecule has 2 nitrogen and oxygen atoms in total. The maximum atomic E-state index is 9.49. The number of likely N-dealkylation sites (tertiary alicyclic amines) is 1. The number of β-amino-alcohol motifs (C(OH)–C–C–N with tert-alkyl or cyclic N) is 1. The molecule has 0 radical (unpaired) electrons. The summed E-state index contributed by atoms with van der Waals surface area (Å²) in [5.41, 5.74) is -0.436. The molecule has 0 spiro atoms. The molecule has 1 N–H and O–H groups in total. The Balaban J connectivity index is 2.54. The van der Waals surface area contributed by atoms with E-state index in [-0.39, 0.29) is 0 Å². The van der Waals surface area contributed by atoms with Gasteiger partial charge in [-0.1, -0.05) is 0 Å². The zero-order valence-electron chi connectivity index (χ0n) is 6.39. The van der Waals surface area contributed by atoms with Crippen molar-refractivity contribution < 1.29 is 5.11 Å². The van der Waals surface area contributed by atoms with Gasteiger partial charge in [0, 0.05) is 12.6 Å². The van der Waals surface area contributed by atoms with Crippen LogP contribution >= 0.6 is 0 Å². The first-order valence-electron chi connectivity index (χ1n) is 3.44. The average molecular weight is 129 g/mol. The van der Waals surface area contributed by atoms with E-state index in [1.807, 2.05) is 14.0 Å². The summed E-state index contributed by atoms with van der Waals surface area (Å²) in [6.07, 6.45) is 0.906. The van der Waals surface area contributed by atoms with Crippen molar-refractivity contribution in [1.29, 1.82) is 0 Å². The van der Waals surface area contributed by atoms with Gasteiger partial charge in [-0.05, 0) is 27.3 Å². The largest absolute Gasteiger partial charge is 0.389 e. The van der Waals surface area contributed by atoms with Crippen LogP contribution in [0.25, 0.3) is 0 Å². The second-order valence-corrected chi connectivity index (χ2v) is 3.47. The molecule has 1 rings (SSSR count). The van der Waals surface area contributed by atoms with Gasteiger partial charge in [0.15, 0.2) is 0 Å². The van der Waals surface area contributed by atoms with Crippen LogP contribution in [0.2, 0.25) is 0 Å². The topological polar surface area (TPSA) is 23.5 Å². The summed E-state index contributed by atoms with van der Waals surface area (Å²) < 4.78 is 0. The monoisotopic (exact) mass is 129 g/mol. The van der Waals surface area contributed by atoms with Crippen LogP contribution in [0.15, 0.2) is 0 Å². The van der Waals surface area contributed by atoms with Gasteiger partial charge >= 0.3 is 0 Å². The molecule has 1 aliphatic heterocycles. The van der Waals surface area contributed by atoms with E-state index in [0.29, 0.717) is 6.04 Å². The second kappa shape index (κ2) is 1.96. The molecule has 0 saturated carbocycles. The van der Waals surface area contributed by atoms with Gasteiger partial charge in [-0.2, -0.15) is 0 Å². The molecule has 0 aromatic heterocycles. The van der Waals surface area contributed by atoms with E-state index in [9.17, 15) is 5.11 Å². The number of nitrogens with zero attached hydrogens (tertiary/aromatic N) is 1. The molecule has 2 atom stereocenters. The lowest BCUT2D eigenvalue weighted by atomic mass is 10.0. The molecule has 2 heteroatoms. The highest BCUT2D eigenvalue weighted by molar-refractivity contribution is 4.89. The number of hydrogen-bond acceptors (Lipinski definition) is 2. The summed E-state index contributed by atoms with van der Waals surface area (Å²) in [6, 6.07) is 0.542. The summed E-state index contributed by atoms with van der Waals surface area (Å²) in [4.78, 5) is 2.18. The normalized spacial score (nSPS) is 46.0. The van der Waals surface area contributed by atoms with Crippen molar-refractivity contribution in [1.82, 2.24) is 4.90 Å². The zero-order chi connectivity index (χ0) is 7.07. The van der Waals surface area contributed by atoms with Crippen LogP contribution in [0.1, 0.15) is 20.3 Å². The first-order chi connectivity index (χ1) is 4.01. The van der Waals surface area contributed by atoms with Crippen molar-refractivity contribution in [3.63, 3.8) is 0 Å². The van der Waals surface area contributed by atoms with Crippen LogP contribution < -0.4 is 0 Å². The molecule has 0 amide bonds. The van der Waals surface area contributed by atoms with Crippen LogP contribution in [0.3, 0.4) is 0 Å². The first-order valence-corrected chi connectivity index (χ1v) is 3.44. The van der Waals surface area contributed by atoms with Gasteiger partial charge in [-0.15, -0.1) is 0 Å². The molecule has 0 aliphatic carbocycles. The Morgan fingerprint density at radius 1 is 1.67 bits per heavy atom. The van der Waals surface area contributed by atoms with Gasteiger partial charge in [0.05, 0.1) is 5.60 Å². The van der Waals surface area contributed by atoms with Crippen LogP contribution in [0, 0.1) is 0 Å². The van der Waals surface area contributed by atoms with E-state index in [1.54, 1.807) is 0 Å². The third-order valence-corrected chi connectivity index (χ3v) is 2.08. The summed E-state index contributed by atoms with van der Waals surface area (Å²) in [5, 5.41) is 9.49. The summed E-state index contributed by atoms with van der Waals surface area (Å²) >= 11 is 0. The second-order valence-electron chi connectivity index (χ2n) is 3.47. The molecule has 54 valence electrons. The number of aliphatic hydroxyl groups is 1. The molecule has 1 aliphatic rings. The highest BCUT2D eigenvalue weighted by Crippen LogP contribution is 2.24. The van der Waals surface area contributed by atoms with E-state index in [1.165, 1.54) is 0 Å². The van der Waals surface area contributed by atoms with Gasteiger partial charge in [0.1, 0.15) is 0 Å². The molecule has 1 unspecified atom stereocenters. The smallest absolute Gasteiger partial charge is 0.0760 e. The van der Waals surface area contributed by atoms with Crippen LogP contribution in [0.4, 0.5) is 0 Å².